The quantitative estimate of drug-likeness (QED) is 0.792. The number of aromatic nitrogens is 2. The number of hydrogen-bond donors (Lipinski definition) is 0. The van der Waals surface area contributed by atoms with Gasteiger partial charge in [-0.1, -0.05) is 0 Å². The van der Waals surface area contributed by atoms with E-state index in [1.165, 1.54) is 18.4 Å². The van der Waals surface area contributed by atoms with Crippen LogP contribution in [0.3, 0.4) is 0 Å². The van der Waals surface area contributed by atoms with Crippen molar-refractivity contribution < 1.29 is 4.79 Å². The molecule has 3 heterocycles. The minimum atomic E-state index is 0.288. The maximum atomic E-state index is 11.6. The average molecular weight is 372 g/mol. The van der Waals surface area contributed by atoms with Crippen molar-refractivity contribution in [3.05, 3.63) is 18.0 Å². The molecular formula is C21H33N5O. The molecule has 6 heteroatoms. The summed E-state index contributed by atoms with van der Waals surface area (Å²) in [6.45, 7) is 4.85. The molecule has 1 aliphatic carbocycles. The fraction of sp³-hybridized carbons (Fsp3) is 0.762. The number of rotatable bonds is 5. The van der Waals surface area contributed by atoms with Gasteiger partial charge in [0.1, 0.15) is 5.78 Å². The summed E-state index contributed by atoms with van der Waals surface area (Å²) in [5, 5.41) is 0. The molecule has 3 fully saturated rings. The number of carbonyl (C=O) groups is 1. The van der Waals surface area contributed by atoms with Gasteiger partial charge in [0.2, 0.25) is 5.95 Å². The van der Waals surface area contributed by atoms with E-state index in [-0.39, 0.29) is 5.92 Å². The van der Waals surface area contributed by atoms with Crippen LogP contribution in [0, 0.1) is 5.92 Å². The Bertz CT molecular complexity index is 641. The van der Waals surface area contributed by atoms with E-state index >= 15 is 0 Å². The van der Waals surface area contributed by atoms with Crippen molar-refractivity contribution in [3.63, 3.8) is 0 Å². The highest BCUT2D eigenvalue weighted by atomic mass is 16.1. The average Bonchev–Trinajstić information content (AvgIpc) is 2.93. The maximum Gasteiger partial charge on any atom is 0.225 e. The molecule has 6 nitrogen and oxygen atoms in total. The second-order valence-corrected chi connectivity index (χ2v) is 8.94. The van der Waals surface area contributed by atoms with Crippen LogP contribution in [-0.2, 0) is 11.3 Å². The highest BCUT2D eigenvalue weighted by molar-refractivity contribution is 5.78. The van der Waals surface area contributed by atoms with Gasteiger partial charge in [-0.2, -0.15) is 0 Å². The molecule has 2 saturated heterocycles. The molecule has 1 aromatic rings. The van der Waals surface area contributed by atoms with E-state index in [1.807, 2.05) is 12.4 Å². The zero-order chi connectivity index (χ0) is 19.0. The highest BCUT2D eigenvalue weighted by Crippen LogP contribution is 2.32. The van der Waals surface area contributed by atoms with Crippen LogP contribution in [-0.4, -0.2) is 70.9 Å². The van der Waals surface area contributed by atoms with Crippen LogP contribution in [0.1, 0.15) is 51.0 Å². The molecule has 148 valence electrons. The normalized spacial score (nSPS) is 31.5. The molecule has 1 saturated carbocycles. The van der Waals surface area contributed by atoms with Crippen molar-refractivity contribution in [1.29, 1.82) is 0 Å². The number of fused-ring (bicyclic) bond motifs is 2. The van der Waals surface area contributed by atoms with Gasteiger partial charge in [-0.15, -0.1) is 0 Å². The van der Waals surface area contributed by atoms with Crippen LogP contribution in [0.4, 0.5) is 5.95 Å². The summed E-state index contributed by atoms with van der Waals surface area (Å²) in [5.41, 5.74) is 1.18. The number of Topliss-reactive ketones (excluding diaryl/α,β-unsaturated/α-hetero) is 1. The molecule has 0 amide bonds. The smallest absolute Gasteiger partial charge is 0.225 e. The van der Waals surface area contributed by atoms with Gasteiger partial charge in [0.15, 0.2) is 0 Å². The van der Waals surface area contributed by atoms with Crippen LogP contribution in [0.25, 0.3) is 0 Å². The van der Waals surface area contributed by atoms with Crippen LogP contribution < -0.4 is 4.90 Å². The zero-order valence-electron chi connectivity index (χ0n) is 17.0. The van der Waals surface area contributed by atoms with Crippen molar-refractivity contribution in [3.8, 4) is 0 Å². The number of ketones is 1. The molecule has 3 aliphatic rings. The van der Waals surface area contributed by atoms with E-state index in [1.54, 1.807) is 6.92 Å². The largest absolute Gasteiger partial charge is 0.332 e. The Balaban J connectivity index is 1.34. The molecule has 27 heavy (non-hydrogen) atoms. The standard InChI is InChI=1S/C21H33N5O/c1-15(27)17-4-6-18(7-5-17)25(3)12-16-10-22-21(23-11-16)26-19-8-9-20(26)14-24(2)13-19/h10-11,17-20H,4-9,12-14H2,1-3H3. The lowest BCUT2D eigenvalue weighted by Gasteiger charge is -2.39. The van der Waals surface area contributed by atoms with Gasteiger partial charge in [-0.05, 0) is 59.5 Å². The molecule has 1 aromatic heterocycles. The number of likely N-dealkylation sites (tertiary alicyclic amines) is 1. The Hall–Kier alpha value is -1.53. The molecule has 4 rings (SSSR count). The summed E-state index contributed by atoms with van der Waals surface area (Å²) in [5.74, 6) is 1.55. The van der Waals surface area contributed by atoms with Gasteiger partial charge < -0.3 is 9.80 Å². The number of likely N-dealkylation sites (N-methyl/N-ethyl adjacent to an activating group) is 1. The van der Waals surface area contributed by atoms with Crippen LogP contribution in [0.2, 0.25) is 0 Å². The predicted molar refractivity (Wildman–Crippen MR) is 107 cm³/mol. The molecule has 2 atom stereocenters. The first-order chi connectivity index (χ1) is 13.0. The third kappa shape index (κ3) is 4.02. The monoisotopic (exact) mass is 371 g/mol. The summed E-state index contributed by atoms with van der Waals surface area (Å²) in [6, 6.07) is 1.70. The lowest BCUT2D eigenvalue weighted by atomic mass is 9.83. The van der Waals surface area contributed by atoms with Crippen molar-refractivity contribution in [2.24, 2.45) is 5.92 Å². The lowest BCUT2D eigenvalue weighted by Crippen LogP contribution is -2.53. The van der Waals surface area contributed by atoms with E-state index in [0.717, 1.165) is 51.3 Å². The Kier molecular flexibility index (Phi) is 5.46. The third-order valence-electron chi connectivity index (χ3n) is 6.91. The second kappa shape index (κ2) is 7.84. The fourth-order valence-corrected chi connectivity index (χ4v) is 5.34. The first-order valence-electron chi connectivity index (χ1n) is 10.5. The number of hydrogen-bond acceptors (Lipinski definition) is 6. The molecule has 2 bridgehead atoms. The summed E-state index contributed by atoms with van der Waals surface area (Å²) in [6.07, 6.45) is 10.8. The number of nitrogens with zero attached hydrogens (tertiary/aromatic N) is 5. The third-order valence-corrected chi connectivity index (χ3v) is 6.91. The van der Waals surface area contributed by atoms with E-state index in [9.17, 15) is 4.79 Å². The minimum Gasteiger partial charge on any atom is -0.332 e. The molecular weight excluding hydrogens is 338 g/mol. The van der Waals surface area contributed by atoms with Gasteiger partial charge in [0, 0.05) is 61.6 Å². The topological polar surface area (TPSA) is 52.6 Å². The molecule has 0 radical (unpaired) electrons. The summed E-state index contributed by atoms with van der Waals surface area (Å²) in [7, 11) is 4.40. The zero-order valence-corrected chi connectivity index (χ0v) is 17.0. The minimum absolute atomic E-state index is 0.288. The number of carbonyl (C=O) groups excluding carboxylic acids is 1. The summed E-state index contributed by atoms with van der Waals surface area (Å²) in [4.78, 5) is 28.3. The molecule has 0 aromatic carbocycles. The number of piperazine rings is 1. The SMILES string of the molecule is CC(=O)C1CCC(N(C)Cc2cnc(N3C4CCC3CN(C)C4)nc2)CC1. The first-order valence-corrected chi connectivity index (χ1v) is 10.5. The van der Waals surface area contributed by atoms with Gasteiger partial charge >= 0.3 is 0 Å². The Morgan fingerprint density at radius 3 is 2.22 bits per heavy atom. The van der Waals surface area contributed by atoms with Gasteiger partial charge in [-0.3, -0.25) is 9.69 Å². The van der Waals surface area contributed by atoms with Crippen LogP contribution >= 0.6 is 0 Å². The Labute approximate surface area is 162 Å². The van der Waals surface area contributed by atoms with Gasteiger partial charge in [-0.25, -0.2) is 9.97 Å². The summed E-state index contributed by atoms with van der Waals surface area (Å²) < 4.78 is 0. The van der Waals surface area contributed by atoms with Crippen LogP contribution in [0.5, 0.6) is 0 Å². The lowest BCUT2D eigenvalue weighted by molar-refractivity contribution is -0.122. The van der Waals surface area contributed by atoms with E-state index in [4.69, 9.17) is 9.97 Å². The fourth-order valence-electron chi connectivity index (χ4n) is 5.34. The number of anilines is 1. The predicted octanol–water partition coefficient (Wildman–Crippen LogP) is 2.34. The molecule has 0 spiro atoms. The molecule has 0 N–H and O–H groups in total. The van der Waals surface area contributed by atoms with E-state index < -0.39 is 0 Å². The Morgan fingerprint density at radius 1 is 1.07 bits per heavy atom. The molecule has 2 unspecified atom stereocenters. The maximum absolute atomic E-state index is 11.6. The van der Waals surface area contributed by atoms with Crippen molar-refractivity contribution in [2.45, 2.75) is 70.1 Å². The van der Waals surface area contributed by atoms with Gasteiger partial charge in [0.05, 0.1) is 0 Å². The second-order valence-electron chi connectivity index (χ2n) is 8.94. The van der Waals surface area contributed by atoms with Crippen molar-refractivity contribution >= 4 is 11.7 Å². The van der Waals surface area contributed by atoms with Crippen LogP contribution in [0.15, 0.2) is 12.4 Å². The first kappa shape index (κ1) is 18.8. The van der Waals surface area contributed by atoms with E-state index in [0.29, 0.717) is 23.9 Å². The Morgan fingerprint density at radius 2 is 1.67 bits per heavy atom. The summed E-state index contributed by atoms with van der Waals surface area (Å²) >= 11 is 0. The molecule has 2 aliphatic heterocycles. The van der Waals surface area contributed by atoms with Crippen molar-refractivity contribution in [1.82, 2.24) is 19.8 Å². The van der Waals surface area contributed by atoms with Gasteiger partial charge in [0.25, 0.3) is 0 Å². The van der Waals surface area contributed by atoms with Crippen molar-refractivity contribution in [2.75, 3.05) is 32.1 Å². The highest BCUT2D eigenvalue weighted by Gasteiger charge is 2.40. The van der Waals surface area contributed by atoms with E-state index in [2.05, 4.69) is 28.8 Å².